The van der Waals surface area contributed by atoms with Crippen LogP contribution in [0, 0.1) is 0 Å². The van der Waals surface area contributed by atoms with Gasteiger partial charge in [-0.1, -0.05) is 45.1 Å². The van der Waals surface area contributed by atoms with E-state index in [0.717, 1.165) is 31.8 Å². The predicted molar refractivity (Wildman–Crippen MR) is 135 cm³/mol. The Kier molecular flexibility index (Phi) is 16.5. The van der Waals surface area contributed by atoms with Crippen molar-refractivity contribution >= 4 is 14.3 Å². The highest BCUT2D eigenvalue weighted by atomic mass is 28.4. The van der Waals surface area contributed by atoms with E-state index in [1.54, 1.807) is 20.3 Å². The third-order valence-corrected chi connectivity index (χ3v) is 10.2. The average molecular weight is 487 g/mol. The number of unbranched alkanes of at least 4 members (excludes halogenated alkanes) is 1. The highest BCUT2D eigenvalue weighted by Gasteiger charge is 2.40. The molecule has 0 aromatic carbocycles. The van der Waals surface area contributed by atoms with Gasteiger partial charge in [0, 0.05) is 20.3 Å². The van der Waals surface area contributed by atoms with E-state index in [2.05, 4.69) is 40.4 Å². The van der Waals surface area contributed by atoms with Crippen molar-refractivity contribution in [2.75, 3.05) is 27.8 Å². The number of hydrogen-bond acceptors (Lipinski definition) is 6. The van der Waals surface area contributed by atoms with Crippen LogP contribution in [-0.2, 0) is 28.2 Å². The maximum absolute atomic E-state index is 10.6. The molecule has 0 fully saturated rings. The monoisotopic (exact) mass is 486 g/mol. The number of methoxy groups -OCH3 is 2. The van der Waals surface area contributed by atoms with Gasteiger partial charge in [-0.2, -0.15) is 0 Å². The molecule has 0 unspecified atom stereocenters. The lowest BCUT2D eigenvalue weighted by Crippen LogP contribution is -2.47. The summed E-state index contributed by atoms with van der Waals surface area (Å²) >= 11 is 0. The number of ether oxygens (including phenoxy) is 4. The van der Waals surface area contributed by atoms with E-state index in [1.165, 1.54) is 0 Å². The Hall–Kier alpha value is -1.29. The standard InChI is InChI=1S/C25H46O7Si/c1-9-10-15-23(32-33(7,8)25(2,3)4)22(31-20-29-6)18-17-21(30-19-28-5)14-12-11-13-16-24(26)27/h9,13,16-18,21-23H,1,10-12,14-15,19-20H2,2-8H3,(H,26,27)/b16-13+,18-17+/t21-,22-,23-/m0/s1. The normalized spacial score (nSPS) is 15.7. The van der Waals surface area contributed by atoms with Crippen LogP contribution < -0.4 is 0 Å². The Bertz CT molecular complexity index is 596. The van der Waals surface area contributed by atoms with Gasteiger partial charge in [0.15, 0.2) is 8.32 Å². The van der Waals surface area contributed by atoms with Gasteiger partial charge < -0.3 is 28.5 Å². The maximum Gasteiger partial charge on any atom is 0.327 e. The predicted octanol–water partition coefficient (Wildman–Crippen LogP) is 5.69. The van der Waals surface area contributed by atoms with Gasteiger partial charge in [0.25, 0.3) is 0 Å². The summed E-state index contributed by atoms with van der Waals surface area (Å²) in [6.07, 6.45) is 11.8. The minimum absolute atomic E-state index is 0.0720. The first kappa shape index (κ1) is 31.7. The molecule has 192 valence electrons. The van der Waals surface area contributed by atoms with E-state index in [-0.39, 0.29) is 36.9 Å². The van der Waals surface area contributed by atoms with Crippen LogP contribution >= 0.6 is 0 Å². The van der Waals surface area contributed by atoms with Gasteiger partial charge in [-0.15, -0.1) is 6.58 Å². The Labute approximate surface area is 201 Å². The maximum atomic E-state index is 10.6. The minimum Gasteiger partial charge on any atom is -0.478 e. The smallest absolute Gasteiger partial charge is 0.327 e. The molecule has 3 atom stereocenters. The lowest BCUT2D eigenvalue weighted by Gasteiger charge is -2.41. The number of rotatable bonds is 19. The fraction of sp³-hybridized carbons (Fsp3) is 0.720. The summed E-state index contributed by atoms with van der Waals surface area (Å²) < 4.78 is 28.8. The summed E-state index contributed by atoms with van der Waals surface area (Å²) in [5.74, 6) is -0.937. The number of carboxylic acids is 1. The second kappa shape index (κ2) is 17.2. The Balaban J connectivity index is 5.52. The van der Waals surface area contributed by atoms with Crippen LogP contribution in [0.2, 0.25) is 18.1 Å². The van der Waals surface area contributed by atoms with E-state index >= 15 is 0 Å². The molecule has 0 aliphatic carbocycles. The number of hydrogen-bond donors (Lipinski definition) is 1. The molecule has 0 aliphatic rings. The quantitative estimate of drug-likeness (QED) is 0.0825. The molecule has 0 spiro atoms. The molecular weight excluding hydrogens is 440 g/mol. The molecule has 0 bridgehead atoms. The zero-order valence-corrected chi connectivity index (χ0v) is 22.7. The van der Waals surface area contributed by atoms with Gasteiger partial charge in [-0.05, 0) is 50.2 Å². The summed E-state index contributed by atoms with van der Waals surface area (Å²) in [5.41, 5.74) is 0. The minimum atomic E-state index is -2.03. The molecule has 0 radical (unpaired) electrons. The largest absolute Gasteiger partial charge is 0.478 e. The molecule has 1 N–H and O–H groups in total. The van der Waals surface area contributed by atoms with Crippen LogP contribution in [0.4, 0.5) is 0 Å². The first-order valence-electron chi connectivity index (χ1n) is 11.6. The molecule has 0 aliphatic heterocycles. The van der Waals surface area contributed by atoms with Crippen molar-refractivity contribution in [1.82, 2.24) is 0 Å². The lowest BCUT2D eigenvalue weighted by atomic mass is 10.1. The van der Waals surface area contributed by atoms with Crippen molar-refractivity contribution < 1.29 is 33.3 Å². The lowest BCUT2D eigenvalue weighted by molar-refractivity contribution is -0.131. The highest BCUT2D eigenvalue weighted by Crippen LogP contribution is 2.38. The Morgan fingerprint density at radius 2 is 1.67 bits per heavy atom. The topological polar surface area (TPSA) is 83.5 Å². The van der Waals surface area contributed by atoms with Gasteiger partial charge >= 0.3 is 5.97 Å². The van der Waals surface area contributed by atoms with E-state index in [0.29, 0.717) is 6.42 Å². The first-order chi connectivity index (χ1) is 15.5. The van der Waals surface area contributed by atoms with E-state index in [1.807, 2.05) is 18.2 Å². The number of carboxylic acid groups (broad SMARTS) is 1. The number of allylic oxidation sites excluding steroid dienone is 2. The molecule has 0 saturated carbocycles. The Morgan fingerprint density at radius 3 is 2.21 bits per heavy atom. The van der Waals surface area contributed by atoms with E-state index < -0.39 is 14.3 Å². The van der Waals surface area contributed by atoms with Gasteiger partial charge in [-0.3, -0.25) is 0 Å². The molecule has 0 aromatic heterocycles. The van der Waals surface area contributed by atoms with Crippen molar-refractivity contribution in [1.29, 1.82) is 0 Å². The van der Waals surface area contributed by atoms with Crippen LogP contribution in [0.25, 0.3) is 0 Å². The van der Waals surface area contributed by atoms with Crippen LogP contribution in [0.15, 0.2) is 37.0 Å². The van der Waals surface area contributed by atoms with Crippen molar-refractivity contribution in [2.45, 2.75) is 89.3 Å². The van der Waals surface area contributed by atoms with E-state index in [9.17, 15) is 4.79 Å². The van der Waals surface area contributed by atoms with Gasteiger partial charge in [0.05, 0.1) is 12.2 Å². The van der Waals surface area contributed by atoms with Crippen molar-refractivity contribution in [3.63, 3.8) is 0 Å². The van der Waals surface area contributed by atoms with Gasteiger partial charge in [-0.25, -0.2) is 4.79 Å². The second-order valence-corrected chi connectivity index (χ2v) is 14.2. The summed E-state index contributed by atoms with van der Waals surface area (Å²) in [6.45, 7) is 15.3. The SMILES string of the molecule is C=CCC[C@H](O[Si](C)(C)C(C)(C)C)[C@H](/C=C/[C@H](CCC/C=C/C(=O)O)OCOC)OCOC. The number of carbonyl (C=O) groups is 1. The molecule has 0 amide bonds. The molecule has 0 rings (SSSR count). The first-order valence-corrected chi connectivity index (χ1v) is 14.5. The molecular formula is C25H46O7Si. The highest BCUT2D eigenvalue weighted by molar-refractivity contribution is 6.74. The van der Waals surface area contributed by atoms with Crippen molar-refractivity contribution in [3.05, 3.63) is 37.0 Å². The van der Waals surface area contributed by atoms with Crippen molar-refractivity contribution in [2.24, 2.45) is 0 Å². The fourth-order valence-electron chi connectivity index (χ4n) is 2.81. The van der Waals surface area contributed by atoms with E-state index in [4.69, 9.17) is 28.5 Å². The van der Waals surface area contributed by atoms with Crippen LogP contribution in [0.3, 0.4) is 0 Å². The van der Waals surface area contributed by atoms with Crippen LogP contribution in [-0.4, -0.2) is 65.5 Å². The van der Waals surface area contributed by atoms with Crippen molar-refractivity contribution in [3.8, 4) is 0 Å². The zero-order chi connectivity index (χ0) is 25.3. The summed E-state index contributed by atoms with van der Waals surface area (Å²) in [7, 11) is 1.15. The molecule has 0 saturated heterocycles. The molecule has 8 heteroatoms. The van der Waals surface area contributed by atoms with Gasteiger partial charge in [0.1, 0.15) is 19.7 Å². The average Bonchev–Trinajstić information content (AvgIpc) is 2.73. The van der Waals surface area contributed by atoms with Crippen LogP contribution in [0.1, 0.15) is 52.9 Å². The third kappa shape index (κ3) is 14.5. The summed E-state index contributed by atoms with van der Waals surface area (Å²) in [4.78, 5) is 10.6. The zero-order valence-electron chi connectivity index (χ0n) is 21.7. The van der Waals surface area contributed by atoms with Crippen LogP contribution in [0.5, 0.6) is 0 Å². The molecule has 33 heavy (non-hydrogen) atoms. The molecule has 0 aromatic rings. The fourth-order valence-corrected chi connectivity index (χ4v) is 4.17. The van der Waals surface area contributed by atoms with Gasteiger partial charge in [0.2, 0.25) is 0 Å². The molecule has 7 nitrogen and oxygen atoms in total. The number of aliphatic carboxylic acids is 1. The molecule has 0 heterocycles. The second-order valence-electron chi connectivity index (χ2n) is 9.49. The summed E-state index contributed by atoms with van der Waals surface area (Å²) in [6, 6.07) is 0. The Morgan fingerprint density at radius 1 is 1.03 bits per heavy atom. The summed E-state index contributed by atoms with van der Waals surface area (Å²) in [5, 5.41) is 8.79. The third-order valence-electron chi connectivity index (χ3n) is 5.69.